The molecule has 1 unspecified atom stereocenters. The number of pyridine rings is 1. The monoisotopic (exact) mass is 499 g/mol. The molecule has 2 heterocycles. The number of carboxylic acids is 1. The van der Waals surface area contributed by atoms with Gasteiger partial charge in [-0.2, -0.15) is 0 Å². The van der Waals surface area contributed by atoms with Crippen molar-refractivity contribution in [3.8, 4) is 17.2 Å². The van der Waals surface area contributed by atoms with Crippen molar-refractivity contribution < 1.29 is 23.3 Å². The molecular formula is C29H25NO5S. The third-order valence-corrected chi connectivity index (χ3v) is 7.52. The summed E-state index contributed by atoms with van der Waals surface area (Å²) < 4.78 is 24.3. The number of rotatable bonds is 6. The third-order valence-electron chi connectivity index (χ3n) is 6.25. The van der Waals surface area contributed by atoms with E-state index in [4.69, 9.17) is 14.1 Å². The predicted octanol–water partition coefficient (Wildman–Crippen LogP) is 6.25. The summed E-state index contributed by atoms with van der Waals surface area (Å²) in [6, 6.07) is 20.1. The van der Waals surface area contributed by atoms with Gasteiger partial charge in [0.15, 0.2) is 5.76 Å². The lowest BCUT2D eigenvalue weighted by atomic mass is 10.0. The third kappa shape index (κ3) is 4.22. The first-order valence-corrected chi connectivity index (χ1v) is 13.5. The van der Waals surface area contributed by atoms with Gasteiger partial charge >= 0.3 is 5.97 Å². The molecule has 0 saturated heterocycles. The molecular weight excluding hydrogens is 474 g/mol. The van der Waals surface area contributed by atoms with Crippen molar-refractivity contribution in [3.63, 3.8) is 0 Å². The van der Waals surface area contributed by atoms with Crippen LogP contribution in [0.2, 0.25) is 0 Å². The average molecular weight is 500 g/mol. The molecule has 0 aliphatic carbocycles. The number of carbonyl (C=O) groups is 1. The fraction of sp³-hybridized carbons (Fsp3) is 0.138. The minimum absolute atomic E-state index is 0.0895. The highest BCUT2D eigenvalue weighted by Gasteiger charge is 2.21. The number of carboxylic acid groups (broad SMARTS) is 1. The fourth-order valence-electron chi connectivity index (χ4n) is 4.30. The van der Waals surface area contributed by atoms with Gasteiger partial charge in [-0.1, -0.05) is 36.4 Å². The first kappa shape index (κ1) is 23.6. The molecule has 0 spiro atoms. The van der Waals surface area contributed by atoms with Crippen molar-refractivity contribution in [2.75, 3.05) is 6.26 Å². The zero-order chi connectivity index (χ0) is 25.6. The Balaban J connectivity index is 1.59. The molecule has 182 valence electrons. The standard InChI is InChI=1S/C29H25NO5S/c1-17-9-14-25(34-16-19-10-12-20(13-11-19)36(3,4)33)26-22(29(31)32)15-23(30-27(17)26)28-18(2)21-7-5-6-8-24(21)35-28/h5-15H,3,16H2,1-2,4H3,(H,31,32). The lowest BCUT2D eigenvalue weighted by molar-refractivity contribution is 0.0698. The number of aromatic carboxylic acids is 1. The van der Waals surface area contributed by atoms with E-state index in [1.54, 1.807) is 30.5 Å². The topological polar surface area (TPSA) is 89.6 Å². The maximum atomic E-state index is 12.4. The van der Waals surface area contributed by atoms with Crippen molar-refractivity contribution in [2.24, 2.45) is 0 Å². The molecule has 0 bridgehead atoms. The summed E-state index contributed by atoms with van der Waals surface area (Å²) in [5, 5.41) is 11.5. The van der Waals surface area contributed by atoms with Gasteiger partial charge in [0.05, 0.1) is 16.5 Å². The Kier molecular flexibility index (Phi) is 5.80. The van der Waals surface area contributed by atoms with Crippen LogP contribution in [0.5, 0.6) is 5.75 Å². The number of benzene rings is 3. The quantitative estimate of drug-likeness (QED) is 0.278. The zero-order valence-corrected chi connectivity index (χ0v) is 21.0. The van der Waals surface area contributed by atoms with Crippen LogP contribution < -0.4 is 4.74 Å². The molecule has 0 saturated carbocycles. The van der Waals surface area contributed by atoms with Crippen LogP contribution in [0.25, 0.3) is 33.3 Å². The van der Waals surface area contributed by atoms with E-state index in [0.29, 0.717) is 33.0 Å². The molecule has 3 aromatic carbocycles. The van der Waals surface area contributed by atoms with Gasteiger partial charge in [-0.15, -0.1) is 0 Å². The van der Waals surface area contributed by atoms with Crippen molar-refractivity contribution in [1.29, 1.82) is 0 Å². The van der Waals surface area contributed by atoms with Gasteiger partial charge in [-0.3, -0.25) is 4.21 Å². The van der Waals surface area contributed by atoms with E-state index in [9.17, 15) is 14.1 Å². The van der Waals surface area contributed by atoms with Crippen LogP contribution in [0.1, 0.15) is 27.0 Å². The lowest BCUT2D eigenvalue weighted by Crippen LogP contribution is -2.04. The Morgan fingerprint density at radius 1 is 1.08 bits per heavy atom. The van der Waals surface area contributed by atoms with Gasteiger partial charge < -0.3 is 14.3 Å². The molecule has 0 fully saturated rings. The number of para-hydroxylation sites is 1. The second-order valence-electron chi connectivity index (χ2n) is 8.95. The highest BCUT2D eigenvalue weighted by molar-refractivity contribution is 7.99. The van der Waals surface area contributed by atoms with Gasteiger partial charge in [-0.25, -0.2) is 9.78 Å². The number of nitrogens with zero attached hydrogens (tertiary/aromatic N) is 1. The Morgan fingerprint density at radius 2 is 1.81 bits per heavy atom. The Hall–Kier alpha value is -4.10. The minimum atomic E-state index is -2.30. The molecule has 0 radical (unpaired) electrons. The first-order valence-electron chi connectivity index (χ1n) is 11.3. The molecule has 0 aliphatic rings. The molecule has 0 amide bonds. The SMILES string of the molecule is C=S(C)(=O)c1ccc(COc2ccc(C)c3nc(-c4oc5ccccc5c4C)cc(C(=O)O)c23)cc1. The lowest BCUT2D eigenvalue weighted by Gasteiger charge is -2.14. The zero-order valence-electron chi connectivity index (χ0n) is 20.2. The molecule has 2 aromatic heterocycles. The summed E-state index contributed by atoms with van der Waals surface area (Å²) in [7, 11) is -2.30. The summed E-state index contributed by atoms with van der Waals surface area (Å²) in [4.78, 5) is 17.9. The summed E-state index contributed by atoms with van der Waals surface area (Å²) in [5.74, 6) is 3.60. The molecule has 1 N–H and O–H groups in total. The van der Waals surface area contributed by atoms with Gasteiger partial charge in [-0.05, 0) is 70.7 Å². The highest BCUT2D eigenvalue weighted by atomic mass is 32.2. The van der Waals surface area contributed by atoms with Crippen molar-refractivity contribution in [2.45, 2.75) is 25.3 Å². The van der Waals surface area contributed by atoms with Crippen molar-refractivity contribution in [3.05, 3.63) is 89.0 Å². The number of ether oxygens (including phenoxy) is 1. The number of fused-ring (bicyclic) bond motifs is 2. The van der Waals surface area contributed by atoms with E-state index < -0.39 is 15.5 Å². The molecule has 7 heteroatoms. The maximum Gasteiger partial charge on any atom is 0.336 e. The largest absolute Gasteiger partial charge is 0.488 e. The van der Waals surface area contributed by atoms with E-state index in [1.807, 2.05) is 56.3 Å². The Labute approximate surface area is 209 Å². The highest BCUT2D eigenvalue weighted by Crippen LogP contribution is 2.37. The van der Waals surface area contributed by atoms with Crippen LogP contribution >= 0.6 is 0 Å². The maximum absolute atomic E-state index is 12.4. The van der Waals surface area contributed by atoms with E-state index >= 15 is 0 Å². The van der Waals surface area contributed by atoms with Gasteiger partial charge in [0.1, 0.15) is 23.6 Å². The number of hydrogen-bond acceptors (Lipinski definition) is 5. The molecule has 5 rings (SSSR count). The van der Waals surface area contributed by atoms with Crippen molar-refractivity contribution >= 4 is 43.2 Å². The molecule has 1 atom stereocenters. The van der Waals surface area contributed by atoms with Crippen molar-refractivity contribution in [1.82, 2.24) is 4.98 Å². The van der Waals surface area contributed by atoms with Crippen LogP contribution in [0.3, 0.4) is 0 Å². The normalized spacial score (nSPS) is 13.1. The Morgan fingerprint density at radius 3 is 2.47 bits per heavy atom. The van der Waals surface area contributed by atoms with Crippen LogP contribution in [-0.4, -0.2) is 32.4 Å². The summed E-state index contributed by atoms with van der Waals surface area (Å²) in [5.41, 5.74) is 4.40. The van der Waals surface area contributed by atoms with Crippen LogP contribution in [0, 0.1) is 13.8 Å². The second kappa shape index (κ2) is 8.84. The number of hydrogen-bond donors (Lipinski definition) is 1. The van der Waals surface area contributed by atoms with Gasteiger partial charge in [0.25, 0.3) is 0 Å². The second-order valence-corrected chi connectivity index (χ2v) is 11.4. The van der Waals surface area contributed by atoms with E-state index in [-0.39, 0.29) is 12.2 Å². The van der Waals surface area contributed by atoms with Crippen LogP contribution in [0.4, 0.5) is 0 Å². The van der Waals surface area contributed by atoms with E-state index in [2.05, 4.69) is 5.87 Å². The summed E-state index contributed by atoms with van der Waals surface area (Å²) in [6.45, 7) is 4.04. The number of aryl methyl sites for hydroxylation is 2. The Bertz CT molecular complexity index is 1750. The minimum Gasteiger partial charge on any atom is -0.488 e. The van der Waals surface area contributed by atoms with Crippen LogP contribution in [0.15, 0.2) is 76.0 Å². The number of aromatic nitrogens is 1. The average Bonchev–Trinajstić information content (AvgIpc) is 3.19. The molecule has 36 heavy (non-hydrogen) atoms. The predicted molar refractivity (Wildman–Crippen MR) is 144 cm³/mol. The smallest absolute Gasteiger partial charge is 0.336 e. The summed E-state index contributed by atoms with van der Waals surface area (Å²) in [6.07, 6.45) is 1.60. The van der Waals surface area contributed by atoms with Crippen LogP contribution in [-0.2, 0) is 16.1 Å². The van der Waals surface area contributed by atoms with Gasteiger partial charge in [0, 0.05) is 22.1 Å². The molecule has 5 aromatic rings. The molecule has 0 aliphatic heterocycles. The number of furan rings is 1. The fourth-order valence-corrected chi connectivity index (χ4v) is 5.01. The van der Waals surface area contributed by atoms with E-state index in [1.165, 1.54) is 0 Å². The first-order chi connectivity index (χ1) is 17.1. The summed E-state index contributed by atoms with van der Waals surface area (Å²) >= 11 is 0. The van der Waals surface area contributed by atoms with E-state index in [0.717, 1.165) is 27.7 Å². The van der Waals surface area contributed by atoms with Gasteiger partial charge in [0.2, 0.25) is 0 Å². The molecule has 6 nitrogen and oxygen atoms in total.